The maximum atomic E-state index is 7.22. The highest BCUT2D eigenvalue weighted by Gasteiger charge is 2.32. The topological polar surface area (TPSA) is 93.0 Å². The van der Waals surface area contributed by atoms with Gasteiger partial charge in [0, 0.05) is 55.3 Å². The third-order valence-electron chi connectivity index (χ3n) is 4.58. The number of aromatic amines is 1. The van der Waals surface area contributed by atoms with Gasteiger partial charge >= 0.3 is 0 Å². The van der Waals surface area contributed by atoms with Crippen molar-refractivity contribution >= 4 is 17.7 Å². The van der Waals surface area contributed by atoms with Crippen LogP contribution in [-0.4, -0.2) is 43.9 Å². The number of nitrogens with one attached hydrogen (secondary N) is 4. The van der Waals surface area contributed by atoms with Gasteiger partial charge in [-0.05, 0) is 26.0 Å². The van der Waals surface area contributed by atoms with Gasteiger partial charge in [-0.3, -0.25) is 0 Å². The number of hydrogen-bond donors (Lipinski definition) is 5. The number of hydrogen-bond acceptors (Lipinski definition) is 5. The summed E-state index contributed by atoms with van der Waals surface area (Å²) in [5, 5.41) is 14.0. The van der Waals surface area contributed by atoms with E-state index in [2.05, 4.69) is 26.7 Å². The smallest absolute Gasteiger partial charge is 0.109 e. The van der Waals surface area contributed by atoms with E-state index in [1.165, 1.54) is 30.3 Å². The highest BCUT2D eigenvalue weighted by atomic mass is 15.2. The Morgan fingerprint density at radius 2 is 2.43 bits per heavy atom. The molecule has 0 saturated carbocycles. The van der Waals surface area contributed by atoms with Crippen LogP contribution in [0.5, 0.6) is 0 Å². The summed E-state index contributed by atoms with van der Waals surface area (Å²) in [4.78, 5) is 5.77. The molecule has 3 heterocycles. The molecule has 2 aliphatic heterocycles. The van der Waals surface area contributed by atoms with Crippen molar-refractivity contribution in [2.75, 3.05) is 36.9 Å². The summed E-state index contributed by atoms with van der Waals surface area (Å²) in [6, 6.07) is 0.548. The molecule has 0 amide bonds. The quantitative estimate of drug-likeness (QED) is 0.538. The van der Waals surface area contributed by atoms with Crippen molar-refractivity contribution < 1.29 is 0 Å². The maximum absolute atomic E-state index is 7.22. The Morgan fingerprint density at radius 3 is 3.19 bits per heavy atom. The van der Waals surface area contributed by atoms with E-state index in [9.17, 15) is 0 Å². The molecule has 1 fully saturated rings. The molecule has 3 rings (SSSR count). The third kappa shape index (κ3) is 2.51. The van der Waals surface area contributed by atoms with E-state index in [0.717, 1.165) is 31.1 Å². The minimum absolute atomic E-state index is 0.151. The van der Waals surface area contributed by atoms with Crippen LogP contribution in [0.15, 0.2) is 18.0 Å². The molecule has 0 aliphatic carbocycles. The van der Waals surface area contributed by atoms with E-state index in [0.29, 0.717) is 6.04 Å². The predicted molar refractivity (Wildman–Crippen MR) is 87.4 cm³/mol. The first-order valence-corrected chi connectivity index (χ1v) is 7.58. The van der Waals surface area contributed by atoms with Crippen molar-refractivity contribution in [1.29, 1.82) is 5.41 Å². The minimum Gasteiger partial charge on any atom is -0.401 e. The lowest BCUT2D eigenvalue weighted by Crippen LogP contribution is -2.44. The Labute approximate surface area is 125 Å². The van der Waals surface area contributed by atoms with Gasteiger partial charge in [-0.1, -0.05) is 0 Å². The number of aromatic nitrogens is 1. The molecule has 6 nitrogen and oxygen atoms in total. The SMILES string of the molecule is CN[C@H]1CCCN(c2c[nH]c3c2C(/C(N)=C/C=N)CN3)C1. The highest BCUT2D eigenvalue weighted by Crippen LogP contribution is 2.41. The number of piperidine rings is 1. The lowest BCUT2D eigenvalue weighted by Gasteiger charge is -2.34. The molecule has 21 heavy (non-hydrogen) atoms. The number of nitrogens with two attached hydrogens (primary N) is 1. The Morgan fingerprint density at radius 1 is 1.57 bits per heavy atom. The van der Waals surface area contributed by atoms with Crippen LogP contribution in [0.1, 0.15) is 24.3 Å². The second-order valence-corrected chi connectivity index (χ2v) is 5.80. The number of H-pyrrole nitrogens is 1. The summed E-state index contributed by atoms with van der Waals surface area (Å²) in [6.45, 7) is 2.92. The van der Waals surface area contributed by atoms with Crippen molar-refractivity contribution in [3.63, 3.8) is 0 Å². The molecule has 0 spiro atoms. The fourth-order valence-corrected chi connectivity index (χ4v) is 3.42. The molecule has 1 aromatic rings. The van der Waals surface area contributed by atoms with Crippen LogP contribution in [0, 0.1) is 5.41 Å². The average Bonchev–Trinajstić information content (AvgIpc) is 3.09. The molecule has 0 aromatic carbocycles. The number of rotatable bonds is 4. The molecule has 0 bridgehead atoms. The zero-order valence-corrected chi connectivity index (χ0v) is 12.4. The van der Waals surface area contributed by atoms with Crippen LogP contribution in [0.3, 0.4) is 0 Å². The number of fused-ring (bicyclic) bond motifs is 1. The van der Waals surface area contributed by atoms with Crippen LogP contribution in [-0.2, 0) is 0 Å². The van der Waals surface area contributed by atoms with Gasteiger partial charge in [-0.15, -0.1) is 0 Å². The molecule has 6 N–H and O–H groups in total. The van der Waals surface area contributed by atoms with Gasteiger partial charge in [0.2, 0.25) is 0 Å². The molecular formula is C15H24N6. The van der Waals surface area contributed by atoms with Crippen molar-refractivity contribution in [1.82, 2.24) is 10.3 Å². The fraction of sp³-hybridized carbons (Fsp3) is 0.533. The lowest BCUT2D eigenvalue weighted by atomic mass is 9.97. The van der Waals surface area contributed by atoms with E-state index < -0.39 is 0 Å². The van der Waals surface area contributed by atoms with E-state index in [-0.39, 0.29) is 5.92 Å². The van der Waals surface area contributed by atoms with Crippen molar-refractivity contribution in [2.24, 2.45) is 5.73 Å². The van der Waals surface area contributed by atoms with Gasteiger partial charge in [-0.2, -0.15) is 0 Å². The van der Waals surface area contributed by atoms with Crippen molar-refractivity contribution in [3.8, 4) is 0 Å². The largest absolute Gasteiger partial charge is 0.401 e. The first kappa shape index (κ1) is 14.0. The van der Waals surface area contributed by atoms with Crippen molar-refractivity contribution in [2.45, 2.75) is 24.8 Å². The number of allylic oxidation sites excluding steroid dienone is 1. The zero-order valence-electron chi connectivity index (χ0n) is 12.4. The van der Waals surface area contributed by atoms with Crippen LogP contribution in [0.4, 0.5) is 11.5 Å². The van der Waals surface area contributed by atoms with E-state index in [4.69, 9.17) is 11.1 Å². The van der Waals surface area contributed by atoms with Crippen LogP contribution >= 0.6 is 0 Å². The second-order valence-electron chi connectivity index (χ2n) is 5.80. The molecular weight excluding hydrogens is 264 g/mol. The molecule has 0 radical (unpaired) electrons. The summed E-state index contributed by atoms with van der Waals surface area (Å²) >= 11 is 0. The Bertz CT molecular complexity index is 546. The highest BCUT2D eigenvalue weighted by molar-refractivity contribution is 5.74. The van der Waals surface area contributed by atoms with Crippen LogP contribution < -0.4 is 21.3 Å². The molecule has 1 aromatic heterocycles. The monoisotopic (exact) mass is 288 g/mol. The Kier molecular flexibility index (Phi) is 3.88. The summed E-state index contributed by atoms with van der Waals surface area (Å²) in [6.07, 6.45) is 7.47. The summed E-state index contributed by atoms with van der Waals surface area (Å²) in [5.74, 6) is 1.22. The number of likely N-dealkylation sites (N-methyl/N-ethyl adjacent to an activating group) is 1. The van der Waals surface area contributed by atoms with E-state index >= 15 is 0 Å². The van der Waals surface area contributed by atoms with Crippen LogP contribution in [0.25, 0.3) is 0 Å². The van der Waals surface area contributed by atoms with Gasteiger partial charge in [-0.25, -0.2) is 0 Å². The van der Waals surface area contributed by atoms with Gasteiger partial charge in [0.1, 0.15) is 5.82 Å². The fourth-order valence-electron chi connectivity index (χ4n) is 3.42. The third-order valence-corrected chi connectivity index (χ3v) is 4.58. The Balaban J connectivity index is 1.88. The van der Waals surface area contributed by atoms with Gasteiger partial charge in [0.05, 0.1) is 5.69 Å². The second kappa shape index (κ2) is 5.81. The molecule has 6 heteroatoms. The van der Waals surface area contributed by atoms with Crippen LogP contribution in [0.2, 0.25) is 0 Å². The molecule has 1 saturated heterocycles. The summed E-state index contributed by atoms with van der Waals surface area (Å²) < 4.78 is 0. The standard InChI is InChI=1S/C15H24N6/c1-18-10-3-2-6-21(9-10)13-8-20-15-14(13)11(7-19-15)12(17)4-5-16/h4-5,8,10-11,16,18-20H,2-3,6-7,9,17H2,1H3/b12-4-,16-5?/t10-,11?/m0/s1. The summed E-state index contributed by atoms with van der Waals surface area (Å²) in [7, 11) is 2.03. The molecule has 114 valence electrons. The van der Waals surface area contributed by atoms with Gasteiger partial charge in [0.25, 0.3) is 0 Å². The lowest BCUT2D eigenvalue weighted by molar-refractivity contribution is 0.449. The first-order valence-electron chi connectivity index (χ1n) is 7.58. The van der Waals surface area contributed by atoms with Gasteiger partial charge < -0.3 is 31.7 Å². The van der Waals surface area contributed by atoms with E-state index in [1.807, 2.05) is 7.05 Å². The van der Waals surface area contributed by atoms with Gasteiger partial charge in [0.15, 0.2) is 0 Å². The molecule has 1 unspecified atom stereocenters. The number of anilines is 2. The maximum Gasteiger partial charge on any atom is 0.109 e. The Hall–Kier alpha value is -1.95. The van der Waals surface area contributed by atoms with E-state index in [1.54, 1.807) is 6.08 Å². The zero-order chi connectivity index (χ0) is 14.8. The number of nitrogens with zero attached hydrogens (tertiary/aromatic N) is 1. The predicted octanol–water partition coefficient (Wildman–Crippen LogP) is 1.20. The minimum atomic E-state index is 0.151. The first-order chi connectivity index (χ1) is 10.2. The molecule has 2 aliphatic rings. The average molecular weight is 288 g/mol. The van der Waals surface area contributed by atoms with Crippen molar-refractivity contribution in [3.05, 3.63) is 23.5 Å². The normalized spacial score (nSPS) is 25.6. The molecule has 2 atom stereocenters. The summed E-state index contributed by atoms with van der Waals surface area (Å²) in [5.41, 5.74) is 9.39.